The van der Waals surface area contributed by atoms with Gasteiger partial charge in [-0.05, 0) is 6.08 Å². The maximum atomic E-state index is 13.0. The number of hydrogen-bond acceptors (Lipinski definition) is 8. The van der Waals surface area contributed by atoms with Gasteiger partial charge >= 0.3 is 6.03 Å². The maximum Gasteiger partial charge on any atom is 0.327 e. The highest BCUT2D eigenvalue weighted by Gasteiger charge is 2.22. The molecule has 0 aliphatic rings. The van der Waals surface area contributed by atoms with E-state index in [1.54, 1.807) is 7.05 Å². The van der Waals surface area contributed by atoms with Crippen molar-refractivity contribution in [1.82, 2.24) is 19.7 Å². The van der Waals surface area contributed by atoms with Crippen LogP contribution in [0, 0.1) is 0 Å². The van der Waals surface area contributed by atoms with Crippen molar-refractivity contribution >= 4 is 64.0 Å². The summed E-state index contributed by atoms with van der Waals surface area (Å²) in [5.41, 5.74) is 0.534. The zero-order chi connectivity index (χ0) is 25.7. The summed E-state index contributed by atoms with van der Waals surface area (Å²) in [7, 11) is 6.04. The summed E-state index contributed by atoms with van der Waals surface area (Å²) in [6, 6.07) is 2.45. The summed E-state index contributed by atoms with van der Waals surface area (Å²) in [6.07, 6.45) is 3.89. The molecule has 2 heterocycles. The normalized spacial score (nSPS) is 10.3. The first-order chi connectivity index (χ1) is 16.7. The molecule has 184 valence electrons. The Balaban J connectivity index is 1.84. The lowest BCUT2D eigenvalue weighted by molar-refractivity contribution is -0.111. The minimum absolute atomic E-state index is 0.107. The lowest BCUT2D eigenvalue weighted by Gasteiger charge is -2.20. The van der Waals surface area contributed by atoms with E-state index in [0.717, 1.165) is 6.08 Å². The lowest BCUT2D eigenvalue weighted by Crippen LogP contribution is -2.32. The highest BCUT2D eigenvalue weighted by molar-refractivity contribution is 6.41. The fourth-order valence-corrected chi connectivity index (χ4v) is 3.47. The molecule has 0 aliphatic heterocycles. The van der Waals surface area contributed by atoms with Crippen LogP contribution in [0.2, 0.25) is 10.0 Å². The number of amides is 3. The predicted octanol–water partition coefficient (Wildman–Crippen LogP) is 4.07. The number of nitrogens with zero attached hydrogens (tertiary/aromatic N) is 5. The van der Waals surface area contributed by atoms with Crippen LogP contribution >= 0.6 is 23.2 Å². The Labute approximate surface area is 210 Å². The van der Waals surface area contributed by atoms with Gasteiger partial charge in [0.25, 0.3) is 0 Å². The molecular formula is C21H22Cl2N8O4. The Morgan fingerprint density at radius 1 is 1.11 bits per heavy atom. The van der Waals surface area contributed by atoms with Crippen LogP contribution in [0.5, 0.6) is 11.5 Å². The van der Waals surface area contributed by atoms with Crippen molar-refractivity contribution in [3.05, 3.63) is 47.4 Å². The highest BCUT2D eigenvalue weighted by Crippen LogP contribution is 2.44. The molecule has 0 radical (unpaired) electrons. The molecule has 0 aliphatic carbocycles. The highest BCUT2D eigenvalue weighted by atomic mass is 35.5. The molecule has 0 atom stereocenters. The number of benzene rings is 1. The van der Waals surface area contributed by atoms with Gasteiger partial charge in [0.2, 0.25) is 5.91 Å². The number of aromatic nitrogens is 4. The number of carbonyl (C=O) groups is 2. The number of halogens is 2. The van der Waals surface area contributed by atoms with Crippen molar-refractivity contribution in [2.24, 2.45) is 7.05 Å². The first-order valence-electron chi connectivity index (χ1n) is 9.89. The van der Waals surface area contributed by atoms with Gasteiger partial charge in [0.15, 0.2) is 5.82 Å². The predicted molar refractivity (Wildman–Crippen MR) is 134 cm³/mol. The van der Waals surface area contributed by atoms with Gasteiger partial charge in [0.05, 0.1) is 26.1 Å². The standard InChI is InChI=1S/C21H22Cl2N8O4/c1-6-16(32)27-11-9-26-31(3)20(11)28-14-8-15(25-10-24-14)30(2)21(33)29-19-17(22)12(34-4)7-13(35-5)18(19)23/h6-10H,1H2,2-5H3,(H,27,32)(H,29,33)(H,24,25,28). The second-order valence-electron chi connectivity index (χ2n) is 6.88. The van der Waals surface area contributed by atoms with Gasteiger partial charge in [-0.3, -0.25) is 14.4 Å². The van der Waals surface area contributed by atoms with Gasteiger partial charge in [-0.15, -0.1) is 0 Å². The Morgan fingerprint density at radius 3 is 2.37 bits per heavy atom. The summed E-state index contributed by atoms with van der Waals surface area (Å²) < 4.78 is 12.0. The van der Waals surface area contributed by atoms with Crippen LogP contribution in [0.25, 0.3) is 0 Å². The lowest BCUT2D eigenvalue weighted by atomic mass is 10.2. The van der Waals surface area contributed by atoms with Gasteiger partial charge in [-0.1, -0.05) is 29.8 Å². The van der Waals surface area contributed by atoms with Gasteiger partial charge in [-0.2, -0.15) is 5.10 Å². The quantitative estimate of drug-likeness (QED) is 0.378. The molecule has 1 aromatic carbocycles. The van der Waals surface area contributed by atoms with E-state index in [-0.39, 0.29) is 33.0 Å². The third kappa shape index (κ3) is 5.55. The van der Waals surface area contributed by atoms with Crippen molar-refractivity contribution in [1.29, 1.82) is 0 Å². The summed E-state index contributed by atoms with van der Waals surface area (Å²) in [5, 5.41) is 12.7. The molecule has 14 heteroatoms. The van der Waals surface area contributed by atoms with E-state index in [4.69, 9.17) is 32.7 Å². The zero-order valence-corrected chi connectivity index (χ0v) is 20.7. The summed E-state index contributed by atoms with van der Waals surface area (Å²) >= 11 is 12.7. The van der Waals surface area contributed by atoms with Crippen LogP contribution in [0.4, 0.5) is 33.6 Å². The van der Waals surface area contributed by atoms with Crippen molar-refractivity contribution in [3.63, 3.8) is 0 Å². The van der Waals surface area contributed by atoms with E-state index in [1.807, 2.05) is 0 Å². The number of aryl methyl sites for hydroxylation is 1. The van der Waals surface area contributed by atoms with Crippen molar-refractivity contribution < 1.29 is 19.1 Å². The van der Waals surface area contributed by atoms with E-state index in [2.05, 4.69) is 37.6 Å². The number of ether oxygens (including phenoxy) is 2. The molecule has 0 saturated heterocycles. The summed E-state index contributed by atoms with van der Waals surface area (Å²) in [5.74, 6) is 1.20. The molecule has 35 heavy (non-hydrogen) atoms. The number of hydrogen-bond donors (Lipinski definition) is 3. The van der Waals surface area contributed by atoms with E-state index in [0.29, 0.717) is 17.3 Å². The molecule has 0 unspecified atom stereocenters. The van der Waals surface area contributed by atoms with E-state index >= 15 is 0 Å². The minimum atomic E-state index is -0.590. The van der Waals surface area contributed by atoms with Crippen molar-refractivity contribution in [2.75, 3.05) is 42.1 Å². The summed E-state index contributed by atoms with van der Waals surface area (Å²) in [6.45, 7) is 3.43. The third-order valence-electron chi connectivity index (χ3n) is 4.74. The molecule has 3 rings (SSSR count). The number of anilines is 5. The molecule has 3 amide bonds. The van der Waals surface area contributed by atoms with Crippen LogP contribution in [-0.4, -0.2) is 53.0 Å². The van der Waals surface area contributed by atoms with Crippen LogP contribution in [0.3, 0.4) is 0 Å². The Hall–Kier alpha value is -4.03. The molecule has 0 fully saturated rings. The monoisotopic (exact) mass is 520 g/mol. The van der Waals surface area contributed by atoms with Crippen LogP contribution in [-0.2, 0) is 11.8 Å². The minimum Gasteiger partial charge on any atom is -0.495 e. The molecule has 3 N–H and O–H groups in total. The van der Waals surface area contributed by atoms with Gasteiger partial charge in [0, 0.05) is 26.2 Å². The molecule has 0 saturated carbocycles. The summed E-state index contributed by atoms with van der Waals surface area (Å²) in [4.78, 5) is 34.2. The number of carbonyl (C=O) groups excluding carboxylic acids is 2. The first kappa shape index (κ1) is 25.6. The average Bonchev–Trinajstić information content (AvgIpc) is 3.19. The SMILES string of the molecule is C=CC(=O)Nc1cnn(C)c1Nc1cc(N(C)C(=O)Nc2c(Cl)c(OC)cc(OC)c2Cl)ncn1. The zero-order valence-electron chi connectivity index (χ0n) is 19.2. The number of rotatable bonds is 8. The van der Waals surface area contributed by atoms with Crippen molar-refractivity contribution in [3.8, 4) is 11.5 Å². The molecule has 12 nitrogen and oxygen atoms in total. The number of nitrogens with one attached hydrogen (secondary N) is 3. The number of urea groups is 1. The Morgan fingerprint density at radius 2 is 1.77 bits per heavy atom. The largest absolute Gasteiger partial charge is 0.495 e. The van der Waals surface area contributed by atoms with Gasteiger partial charge < -0.3 is 25.4 Å². The Kier molecular flexibility index (Phi) is 7.99. The first-order valence-corrected chi connectivity index (χ1v) is 10.6. The van der Waals surface area contributed by atoms with E-state index in [1.165, 1.54) is 55.5 Å². The fraction of sp³-hybridized carbons (Fsp3) is 0.190. The van der Waals surface area contributed by atoms with Crippen LogP contribution < -0.4 is 30.3 Å². The smallest absolute Gasteiger partial charge is 0.327 e. The molecule has 3 aromatic rings. The van der Waals surface area contributed by atoms with Gasteiger partial charge in [-0.25, -0.2) is 14.8 Å². The molecule has 0 spiro atoms. The van der Waals surface area contributed by atoms with Crippen molar-refractivity contribution in [2.45, 2.75) is 0 Å². The third-order valence-corrected chi connectivity index (χ3v) is 5.49. The van der Waals surface area contributed by atoms with Gasteiger partial charge in [0.1, 0.15) is 45.2 Å². The average molecular weight is 521 g/mol. The Bertz CT molecular complexity index is 1250. The number of methoxy groups -OCH3 is 2. The van der Waals surface area contributed by atoms with E-state index in [9.17, 15) is 9.59 Å². The fourth-order valence-electron chi connectivity index (χ4n) is 2.87. The molecular weight excluding hydrogens is 499 g/mol. The van der Waals surface area contributed by atoms with Crippen LogP contribution in [0.15, 0.2) is 37.3 Å². The van der Waals surface area contributed by atoms with Crippen LogP contribution in [0.1, 0.15) is 0 Å². The van der Waals surface area contributed by atoms with E-state index < -0.39 is 11.9 Å². The maximum absolute atomic E-state index is 13.0. The molecule has 0 bridgehead atoms. The molecule has 2 aromatic heterocycles. The second-order valence-corrected chi connectivity index (χ2v) is 7.64. The second kappa shape index (κ2) is 10.9. The topological polar surface area (TPSA) is 136 Å².